The Morgan fingerprint density at radius 1 is 1.22 bits per heavy atom. The largest absolute Gasteiger partial charge is 0.316 e. The van der Waals surface area contributed by atoms with E-state index in [1.807, 2.05) is 4.68 Å². The maximum Gasteiger partial charge on any atom is 0.154 e. The molecule has 2 aliphatic rings. The van der Waals surface area contributed by atoms with Gasteiger partial charge in [0.1, 0.15) is 5.82 Å². The first kappa shape index (κ1) is 12.2. The van der Waals surface area contributed by atoms with Crippen molar-refractivity contribution in [2.24, 2.45) is 13.0 Å². The average molecular weight is 248 g/mol. The van der Waals surface area contributed by atoms with E-state index in [1.54, 1.807) is 0 Å². The molecule has 100 valence electrons. The summed E-state index contributed by atoms with van der Waals surface area (Å²) in [6.07, 6.45) is 9.00. The van der Waals surface area contributed by atoms with Crippen molar-refractivity contribution in [3.63, 3.8) is 0 Å². The van der Waals surface area contributed by atoms with Gasteiger partial charge in [0.2, 0.25) is 0 Å². The van der Waals surface area contributed by atoms with Gasteiger partial charge in [-0.05, 0) is 44.7 Å². The highest BCUT2D eigenvalue weighted by Crippen LogP contribution is 2.32. The second-order valence-corrected chi connectivity index (χ2v) is 5.91. The van der Waals surface area contributed by atoms with Crippen molar-refractivity contribution in [1.29, 1.82) is 0 Å². The van der Waals surface area contributed by atoms with Gasteiger partial charge < -0.3 is 5.32 Å². The van der Waals surface area contributed by atoms with Crippen LogP contribution in [0.25, 0.3) is 0 Å². The minimum Gasteiger partial charge on any atom is -0.316 e. The number of rotatable bonds is 3. The molecule has 1 N–H and O–H groups in total. The van der Waals surface area contributed by atoms with E-state index < -0.39 is 0 Å². The van der Waals surface area contributed by atoms with Gasteiger partial charge in [-0.25, -0.2) is 4.98 Å². The molecule has 0 aromatic carbocycles. The summed E-state index contributed by atoms with van der Waals surface area (Å²) in [6.45, 7) is 2.33. The van der Waals surface area contributed by atoms with Crippen LogP contribution in [0.15, 0.2) is 0 Å². The number of nitrogens with one attached hydrogen (secondary N) is 1. The predicted molar refractivity (Wildman–Crippen MR) is 71.5 cm³/mol. The number of piperidine rings is 1. The molecule has 1 aliphatic carbocycles. The molecule has 2 heterocycles. The molecule has 4 heteroatoms. The third-order valence-electron chi connectivity index (χ3n) is 4.46. The molecule has 1 unspecified atom stereocenters. The fourth-order valence-electron chi connectivity index (χ4n) is 3.33. The topological polar surface area (TPSA) is 42.7 Å². The molecule has 1 saturated carbocycles. The molecular weight excluding hydrogens is 224 g/mol. The molecule has 1 aromatic heterocycles. The second kappa shape index (κ2) is 5.39. The lowest BCUT2D eigenvalue weighted by Gasteiger charge is -2.21. The molecule has 18 heavy (non-hydrogen) atoms. The molecule has 3 rings (SSSR count). The van der Waals surface area contributed by atoms with Gasteiger partial charge in [0, 0.05) is 19.4 Å². The molecule has 1 aromatic rings. The smallest absolute Gasteiger partial charge is 0.154 e. The predicted octanol–water partition coefficient (Wildman–Crippen LogP) is 2.01. The SMILES string of the molecule is Cn1nc(C2CCCC2)nc1CC1CCCNC1. The third-order valence-corrected chi connectivity index (χ3v) is 4.46. The first-order valence-electron chi connectivity index (χ1n) is 7.43. The maximum absolute atomic E-state index is 4.81. The standard InChI is InChI=1S/C14H24N4/c1-18-13(9-11-5-4-8-15-10-11)16-14(17-18)12-6-2-3-7-12/h11-12,15H,2-10H2,1H3. The molecule has 0 amide bonds. The summed E-state index contributed by atoms with van der Waals surface area (Å²) in [5.41, 5.74) is 0. The molecule has 0 bridgehead atoms. The Kier molecular flexibility index (Phi) is 3.64. The van der Waals surface area contributed by atoms with E-state index in [0.29, 0.717) is 5.92 Å². The van der Waals surface area contributed by atoms with Crippen LogP contribution in [0, 0.1) is 5.92 Å². The van der Waals surface area contributed by atoms with Crippen molar-refractivity contribution in [2.45, 2.75) is 50.9 Å². The average Bonchev–Trinajstić information content (AvgIpc) is 3.01. The van der Waals surface area contributed by atoms with E-state index in [0.717, 1.165) is 24.7 Å². The molecule has 1 saturated heterocycles. The van der Waals surface area contributed by atoms with Gasteiger partial charge in [-0.15, -0.1) is 0 Å². The highest BCUT2D eigenvalue weighted by Gasteiger charge is 2.23. The van der Waals surface area contributed by atoms with Crippen LogP contribution >= 0.6 is 0 Å². The summed E-state index contributed by atoms with van der Waals surface area (Å²) >= 11 is 0. The minimum absolute atomic E-state index is 0.634. The molecule has 0 spiro atoms. The van der Waals surface area contributed by atoms with E-state index in [9.17, 15) is 0 Å². The van der Waals surface area contributed by atoms with Crippen LogP contribution in [0.5, 0.6) is 0 Å². The van der Waals surface area contributed by atoms with Crippen molar-refractivity contribution in [3.05, 3.63) is 11.6 Å². The highest BCUT2D eigenvalue weighted by atomic mass is 15.3. The Balaban J connectivity index is 1.67. The summed E-state index contributed by atoms with van der Waals surface area (Å²) in [4.78, 5) is 4.81. The van der Waals surface area contributed by atoms with Gasteiger partial charge in [0.25, 0.3) is 0 Å². The molecule has 4 nitrogen and oxygen atoms in total. The van der Waals surface area contributed by atoms with Gasteiger partial charge in [0.05, 0.1) is 0 Å². The van der Waals surface area contributed by atoms with Crippen molar-refractivity contribution in [2.75, 3.05) is 13.1 Å². The first-order valence-corrected chi connectivity index (χ1v) is 7.43. The Labute approximate surface area is 109 Å². The van der Waals surface area contributed by atoms with E-state index in [4.69, 9.17) is 4.98 Å². The Hall–Kier alpha value is -0.900. The van der Waals surface area contributed by atoms with Crippen LogP contribution in [0.1, 0.15) is 56.1 Å². The van der Waals surface area contributed by atoms with Gasteiger partial charge in [-0.2, -0.15) is 5.10 Å². The fraction of sp³-hybridized carbons (Fsp3) is 0.857. The van der Waals surface area contributed by atoms with Gasteiger partial charge in [-0.1, -0.05) is 12.8 Å². The fourth-order valence-corrected chi connectivity index (χ4v) is 3.33. The second-order valence-electron chi connectivity index (χ2n) is 5.91. The van der Waals surface area contributed by atoms with Crippen LogP contribution in [-0.4, -0.2) is 27.9 Å². The van der Waals surface area contributed by atoms with Crippen LogP contribution < -0.4 is 5.32 Å². The first-order chi connectivity index (χ1) is 8.83. The number of aryl methyl sites for hydroxylation is 1. The molecular formula is C14H24N4. The lowest BCUT2D eigenvalue weighted by atomic mass is 9.96. The number of hydrogen-bond acceptors (Lipinski definition) is 3. The van der Waals surface area contributed by atoms with E-state index in [-0.39, 0.29) is 0 Å². The summed E-state index contributed by atoms with van der Waals surface area (Å²) < 4.78 is 2.02. The van der Waals surface area contributed by atoms with Crippen LogP contribution in [-0.2, 0) is 13.5 Å². The van der Waals surface area contributed by atoms with Crippen LogP contribution in [0.2, 0.25) is 0 Å². The molecule has 1 aliphatic heterocycles. The zero-order valence-corrected chi connectivity index (χ0v) is 11.4. The van der Waals surface area contributed by atoms with Crippen LogP contribution in [0.3, 0.4) is 0 Å². The Morgan fingerprint density at radius 3 is 2.78 bits per heavy atom. The molecule has 2 fully saturated rings. The van der Waals surface area contributed by atoms with E-state index in [1.165, 1.54) is 50.9 Å². The normalized spacial score (nSPS) is 25.7. The Morgan fingerprint density at radius 2 is 2.06 bits per heavy atom. The summed E-state index contributed by atoms with van der Waals surface area (Å²) in [5, 5.41) is 8.12. The molecule has 1 atom stereocenters. The van der Waals surface area contributed by atoms with Gasteiger partial charge >= 0.3 is 0 Å². The highest BCUT2D eigenvalue weighted by molar-refractivity contribution is 5.02. The molecule has 0 radical (unpaired) electrons. The lowest BCUT2D eigenvalue weighted by molar-refractivity contribution is 0.366. The van der Waals surface area contributed by atoms with E-state index in [2.05, 4.69) is 17.5 Å². The third kappa shape index (κ3) is 2.58. The summed E-state index contributed by atoms with van der Waals surface area (Å²) in [7, 11) is 2.05. The van der Waals surface area contributed by atoms with Crippen molar-refractivity contribution < 1.29 is 0 Å². The van der Waals surface area contributed by atoms with Crippen molar-refractivity contribution >= 4 is 0 Å². The Bertz CT molecular complexity index is 386. The summed E-state index contributed by atoms with van der Waals surface area (Å²) in [5.74, 6) is 3.67. The summed E-state index contributed by atoms with van der Waals surface area (Å²) in [6, 6.07) is 0. The minimum atomic E-state index is 0.634. The zero-order chi connectivity index (χ0) is 12.4. The van der Waals surface area contributed by atoms with Gasteiger partial charge in [-0.3, -0.25) is 4.68 Å². The quantitative estimate of drug-likeness (QED) is 0.890. The maximum atomic E-state index is 4.81. The lowest BCUT2D eigenvalue weighted by Crippen LogP contribution is -2.31. The monoisotopic (exact) mass is 248 g/mol. The zero-order valence-electron chi connectivity index (χ0n) is 11.4. The number of hydrogen-bond donors (Lipinski definition) is 1. The van der Waals surface area contributed by atoms with E-state index >= 15 is 0 Å². The number of aromatic nitrogens is 3. The van der Waals surface area contributed by atoms with Crippen molar-refractivity contribution in [1.82, 2.24) is 20.1 Å². The van der Waals surface area contributed by atoms with Gasteiger partial charge in [0.15, 0.2) is 5.82 Å². The number of nitrogens with zero attached hydrogens (tertiary/aromatic N) is 3. The van der Waals surface area contributed by atoms with Crippen molar-refractivity contribution in [3.8, 4) is 0 Å². The van der Waals surface area contributed by atoms with Crippen LogP contribution in [0.4, 0.5) is 0 Å².